The van der Waals surface area contributed by atoms with Crippen LogP contribution in [0.3, 0.4) is 0 Å². The number of hydrogen-bond acceptors (Lipinski definition) is 13. The van der Waals surface area contributed by atoms with Gasteiger partial charge in [0.2, 0.25) is 5.71 Å². The molecule has 0 atom stereocenters. The van der Waals surface area contributed by atoms with Crippen LogP contribution in [-0.4, -0.2) is 54.8 Å². The molecule has 0 saturated carbocycles. The summed E-state index contributed by atoms with van der Waals surface area (Å²) in [5.41, 5.74) is 29.2. The predicted molar refractivity (Wildman–Crippen MR) is 492 cm³/mol. The maximum Gasteiger partial charge on any atom is 0.247 e. The highest BCUT2D eigenvalue weighted by Crippen LogP contribution is 2.43. The summed E-state index contributed by atoms with van der Waals surface area (Å²) in [5.74, 6) is 3.76. The first-order chi connectivity index (χ1) is 60.4. The van der Waals surface area contributed by atoms with Crippen LogP contribution in [0, 0.1) is 0 Å². The van der Waals surface area contributed by atoms with Crippen LogP contribution in [0.1, 0.15) is 0 Å². The fourth-order valence-electron chi connectivity index (χ4n) is 16.3. The third-order valence-corrected chi connectivity index (χ3v) is 22.5. The Bertz CT molecular complexity index is 7910. The lowest BCUT2D eigenvalue weighted by atomic mass is 9.94. The maximum atomic E-state index is 6.53. The molecule has 13 heteroatoms. The van der Waals surface area contributed by atoms with E-state index in [9.17, 15) is 0 Å². The fourth-order valence-corrected chi connectivity index (χ4v) is 16.3. The molecule has 0 N–H and O–H groups in total. The second-order valence-corrected chi connectivity index (χ2v) is 30.1. The maximum absolute atomic E-state index is 6.53. The normalized spacial score (nSPS) is 11.4. The van der Waals surface area contributed by atoms with Crippen LogP contribution in [0.5, 0.6) is 0 Å². The molecule has 0 bridgehead atoms. The zero-order chi connectivity index (χ0) is 80.8. The molecule has 570 valence electrons. The Kier molecular flexibility index (Phi) is 18.2. The number of rotatable bonds is 14. The van der Waals surface area contributed by atoms with Gasteiger partial charge in [-0.3, -0.25) is 0 Å². The first kappa shape index (κ1) is 71.7. The van der Waals surface area contributed by atoms with Crippen molar-refractivity contribution in [2.24, 2.45) is 0 Å². The molecule has 0 aliphatic carbocycles. The van der Waals surface area contributed by atoms with E-state index in [0.717, 1.165) is 171 Å². The molecule has 0 unspecified atom stereocenters. The molecule has 0 amide bonds. The van der Waals surface area contributed by atoms with Crippen molar-refractivity contribution >= 4 is 77.0 Å². The predicted octanol–water partition coefficient (Wildman–Crippen LogP) is 27.3. The lowest BCUT2D eigenvalue weighted by Crippen LogP contribution is -2.00. The summed E-state index contributed by atoms with van der Waals surface area (Å²) in [5, 5.41) is 6.15. The van der Waals surface area contributed by atoms with Gasteiger partial charge in [0, 0.05) is 62.1 Å². The molecule has 23 rings (SSSR count). The molecule has 122 heavy (non-hydrogen) atoms. The van der Waals surface area contributed by atoms with Crippen molar-refractivity contribution < 1.29 is 8.83 Å². The Balaban J connectivity index is 0.000000146. The van der Waals surface area contributed by atoms with Gasteiger partial charge in [0.15, 0.2) is 40.6 Å². The first-order valence-corrected chi connectivity index (χ1v) is 40.4. The average Bonchev–Trinajstić information content (AvgIpc) is 1.62. The van der Waals surface area contributed by atoms with E-state index in [1.165, 1.54) is 11.1 Å². The molecule has 0 saturated heterocycles. The molecule has 7 heterocycles. The van der Waals surface area contributed by atoms with E-state index in [-0.39, 0.29) is 0 Å². The minimum absolute atomic E-state index is 0.521. The Labute approximate surface area is 700 Å². The van der Waals surface area contributed by atoms with Crippen LogP contribution in [0.25, 0.3) is 234 Å². The van der Waals surface area contributed by atoms with Crippen LogP contribution in [0.4, 0.5) is 0 Å². The summed E-state index contributed by atoms with van der Waals surface area (Å²) < 4.78 is 12.7. The van der Waals surface area contributed by atoms with E-state index < -0.39 is 0 Å². The van der Waals surface area contributed by atoms with E-state index in [1.54, 1.807) is 12.5 Å². The van der Waals surface area contributed by atoms with Crippen LogP contribution in [-0.2, 0) is 0 Å². The number of aromatic nitrogens is 11. The monoisotopic (exact) mass is 1560 g/mol. The van der Waals surface area contributed by atoms with Crippen molar-refractivity contribution in [1.29, 1.82) is 0 Å². The summed E-state index contributed by atoms with van der Waals surface area (Å²) in [6, 6.07) is 134. The van der Waals surface area contributed by atoms with Crippen LogP contribution < -0.4 is 0 Å². The van der Waals surface area contributed by atoms with Gasteiger partial charge in [-0.15, -0.1) is 0 Å². The second kappa shape index (κ2) is 31.0. The van der Waals surface area contributed by atoms with Crippen molar-refractivity contribution in [1.82, 2.24) is 54.8 Å². The number of hydrogen-bond donors (Lipinski definition) is 0. The number of furan rings is 2. The third-order valence-electron chi connectivity index (χ3n) is 22.5. The van der Waals surface area contributed by atoms with E-state index in [1.807, 2.05) is 115 Å². The molecule has 0 fully saturated rings. The van der Waals surface area contributed by atoms with Gasteiger partial charge in [0.1, 0.15) is 34.1 Å². The molecule has 7 aromatic heterocycles. The Morgan fingerprint density at radius 1 is 0.213 bits per heavy atom. The molecule has 0 spiro atoms. The third kappa shape index (κ3) is 13.9. The molecular weight excluding hydrogens is 1500 g/mol. The highest BCUT2D eigenvalue weighted by Gasteiger charge is 2.22. The Morgan fingerprint density at radius 2 is 0.598 bits per heavy atom. The number of nitrogens with zero attached hydrogens (tertiary/aromatic N) is 11. The average molecular weight is 1560 g/mol. The van der Waals surface area contributed by atoms with Crippen molar-refractivity contribution in [2.75, 3.05) is 0 Å². The van der Waals surface area contributed by atoms with Gasteiger partial charge in [-0.25, -0.2) is 54.8 Å². The van der Waals surface area contributed by atoms with E-state index in [4.69, 9.17) is 43.7 Å². The largest absolute Gasteiger partial charge is 0.455 e. The molecule has 0 aliphatic rings. The lowest BCUT2D eigenvalue weighted by Gasteiger charge is -2.11. The minimum atomic E-state index is 0.521. The highest BCUT2D eigenvalue weighted by atomic mass is 16.3. The van der Waals surface area contributed by atoms with E-state index in [2.05, 4.69) is 299 Å². The fraction of sp³-hybridized carbons (Fsp3) is 0. The topological polar surface area (TPSA) is 168 Å². The van der Waals surface area contributed by atoms with Crippen molar-refractivity contribution in [3.05, 3.63) is 407 Å². The van der Waals surface area contributed by atoms with Gasteiger partial charge < -0.3 is 8.83 Å². The van der Waals surface area contributed by atoms with Gasteiger partial charge in [0.25, 0.3) is 0 Å². The smallest absolute Gasteiger partial charge is 0.247 e. The Hall–Kier alpha value is -16.8. The van der Waals surface area contributed by atoms with Crippen LogP contribution in [0.15, 0.2) is 416 Å². The zero-order valence-corrected chi connectivity index (χ0v) is 65.4. The van der Waals surface area contributed by atoms with Crippen LogP contribution >= 0.6 is 0 Å². The second-order valence-electron chi connectivity index (χ2n) is 30.1. The molecule has 13 nitrogen and oxygen atoms in total. The summed E-state index contributed by atoms with van der Waals surface area (Å²) in [6.45, 7) is 0. The standard InChI is InChI=1S/C56H34N6O.C53H33N5O/c1-3-9-35(10-4-1)36-24-26-42(27-25-36)53-60-52(41-11-5-2-6-12-41)61-54(62-53)46-14-7-13-43(34-46)39-20-16-37(17-21-39)38-18-22-40(23-19-38)44-28-30-47-45(33-44)29-31-49-50(47)51-56(63-49)58-48-15-8-32-57-55(48)59-51;1-3-12-34(13-4-1)35-24-26-37(27-25-35)52-56-51(36-14-5-2-6-15-36)57-53(58-52)43-21-11-19-41(30-43)39-17-9-16-38(28-39)40-18-10-20-42(29-40)46-31-44-32-54-33-55-49(44)48-45-22-7-8-23-47(45)59-50(46)48/h1-34H;1-33H. The number of benzene rings is 16. The molecule has 0 radical (unpaired) electrons. The lowest BCUT2D eigenvalue weighted by molar-refractivity contribution is 0.655. The SMILES string of the molecule is c1ccc(-c2ccc(-c3nc(-c4ccccc4)nc(-c4cccc(-c5ccc(-c6ccc(-c7ccc8c(ccc9oc%10nc%11cccnc%11nc%10c98)c7)cc6)cc5)c4)n3)cc2)cc1.c1ccc(-c2ccc(-c3nc(-c4ccccc4)nc(-c4cccc(-c5cccc(-c6cccc(-c7cc8cncnc8c8c7oc7ccccc78)c6)c5)c4)n3)cc2)cc1. The van der Waals surface area contributed by atoms with Gasteiger partial charge in [-0.1, -0.05) is 328 Å². The minimum Gasteiger partial charge on any atom is -0.455 e. The van der Waals surface area contributed by atoms with Gasteiger partial charge in [-0.2, -0.15) is 0 Å². The summed E-state index contributed by atoms with van der Waals surface area (Å²) in [6.07, 6.45) is 5.21. The molecule has 0 aliphatic heterocycles. The first-order valence-electron chi connectivity index (χ1n) is 40.4. The molecular formula is C109H67N11O2. The van der Waals surface area contributed by atoms with E-state index in [0.29, 0.717) is 51.8 Å². The number of pyridine rings is 1. The summed E-state index contributed by atoms with van der Waals surface area (Å²) >= 11 is 0. The molecule has 16 aromatic carbocycles. The van der Waals surface area contributed by atoms with Crippen molar-refractivity contribution in [3.63, 3.8) is 0 Å². The van der Waals surface area contributed by atoms with Gasteiger partial charge in [0.05, 0.1) is 16.3 Å². The summed E-state index contributed by atoms with van der Waals surface area (Å²) in [4.78, 5) is 53.0. The zero-order valence-electron chi connectivity index (χ0n) is 65.4. The van der Waals surface area contributed by atoms with Crippen LogP contribution in [0.2, 0.25) is 0 Å². The highest BCUT2D eigenvalue weighted by molar-refractivity contribution is 6.21. The van der Waals surface area contributed by atoms with Crippen molar-refractivity contribution in [2.45, 2.75) is 0 Å². The van der Waals surface area contributed by atoms with Gasteiger partial charge >= 0.3 is 0 Å². The number of para-hydroxylation sites is 1. The quantitative estimate of drug-likeness (QED) is 0.101. The van der Waals surface area contributed by atoms with Crippen molar-refractivity contribution in [3.8, 4) is 157 Å². The van der Waals surface area contributed by atoms with E-state index >= 15 is 0 Å². The molecule has 23 aromatic rings. The number of fused-ring (bicyclic) bond motifs is 11. The Morgan fingerprint density at radius 3 is 1.11 bits per heavy atom. The van der Waals surface area contributed by atoms with Gasteiger partial charge in [-0.05, 0) is 155 Å². The summed E-state index contributed by atoms with van der Waals surface area (Å²) in [7, 11) is 0.